The Labute approximate surface area is 243 Å². The molecule has 1 atom stereocenters. The van der Waals surface area contributed by atoms with Crippen molar-refractivity contribution >= 4 is 50.0 Å². The molecule has 0 aliphatic rings. The standard InChI is InChI=1S/C38H28N4/c39-38(26-11-3-1-4-12-26)40-25-41-34-17-9-7-16-31(34)33-23-27(20-22-35(33)41)28-19-21-32-30-15-8-10-18-36(30)42(37(32)24-28)29-13-5-2-6-14-29/h1-25,38H,39H2. The van der Waals surface area contributed by atoms with Gasteiger partial charge in [-0.3, -0.25) is 4.99 Å². The lowest BCUT2D eigenvalue weighted by Crippen LogP contribution is -2.09. The van der Waals surface area contributed by atoms with Gasteiger partial charge in [-0.1, -0.05) is 103 Å². The normalized spacial score (nSPS) is 12.7. The van der Waals surface area contributed by atoms with Gasteiger partial charge in [0.15, 0.2) is 0 Å². The van der Waals surface area contributed by atoms with Crippen LogP contribution in [0.3, 0.4) is 0 Å². The van der Waals surface area contributed by atoms with Crippen molar-refractivity contribution in [3.63, 3.8) is 0 Å². The molecule has 0 aliphatic heterocycles. The van der Waals surface area contributed by atoms with Gasteiger partial charge in [-0.2, -0.15) is 0 Å². The lowest BCUT2D eigenvalue weighted by molar-refractivity contribution is 0.776. The molecule has 6 aromatic carbocycles. The summed E-state index contributed by atoms with van der Waals surface area (Å²) in [6.07, 6.45) is 1.44. The SMILES string of the molecule is NC(N=Cn1c2ccccc2c2cc(-c3ccc4c5ccccc5n(-c5ccccc5)c4c3)ccc21)c1ccccc1. The Hall–Kier alpha value is -5.45. The summed E-state index contributed by atoms with van der Waals surface area (Å²) in [4.78, 5) is 4.72. The molecule has 2 N–H and O–H groups in total. The molecule has 200 valence electrons. The molecule has 0 amide bonds. The molecule has 2 aromatic heterocycles. The molecule has 8 aromatic rings. The third-order valence-corrected chi connectivity index (χ3v) is 8.22. The first-order valence-corrected chi connectivity index (χ1v) is 14.2. The zero-order valence-electron chi connectivity index (χ0n) is 22.9. The van der Waals surface area contributed by atoms with E-state index in [1.54, 1.807) is 0 Å². The average molecular weight is 541 g/mol. The number of nitrogens with two attached hydrogens (primary N) is 1. The number of para-hydroxylation sites is 3. The molecular formula is C38H28N4. The number of hydrogen-bond acceptors (Lipinski definition) is 2. The fourth-order valence-corrected chi connectivity index (χ4v) is 6.19. The van der Waals surface area contributed by atoms with E-state index < -0.39 is 6.17 Å². The van der Waals surface area contributed by atoms with Crippen LogP contribution in [0, 0.1) is 0 Å². The first kappa shape index (κ1) is 24.4. The van der Waals surface area contributed by atoms with E-state index in [-0.39, 0.29) is 0 Å². The highest BCUT2D eigenvalue weighted by molar-refractivity contribution is 6.13. The largest absolute Gasteiger partial charge is 0.309 e. The van der Waals surface area contributed by atoms with Crippen LogP contribution in [0.5, 0.6) is 0 Å². The van der Waals surface area contributed by atoms with Gasteiger partial charge in [-0.15, -0.1) is 0 Å². The van der Waals surface area contributed by atoms with Crippen LogP contribution in [0.4, 0.5) is 0 Å². The van der Waals surface area contributed by atoms with E-state index in [9.17, 15) is 0 Å². The fourth-order valence-electron chi connectivity index (χ4n) is 6.19. The molecule has 0 saturated heterocycles. The molecule has 1 unspecified atom stereocenters. The minimum Gasteiger partial charge on any atom is -0.309 e. The number of rotatable bonds is 5. The second-order valence-corrected chi connectivity index (χ2v) is 10.7. The molecule has 4 nitrogen and oxygen atoms in total. The smallest absolute Gasteiger partial charge is 0.124 e. The highest BCUT2D eigenvalue weighted by atomic mass is 15.1. The van der Waals surface area contributed by atoms with Gasteiger partial charge in [0.2, 0.25) is 0 Å². The van der Waals surface area contributed by atoms with E-state index in [1.807, 2.05) is 36.7 Å². The Morgan fingerprint density at radius 1 is 0.500 bits per heavy atom. The summed E-state index contributed by atoms with van der Waals surface area (Å²) in [5, 5.41) is 4.89. The van der Waals surface area contributed by atoms with Crippen LogP contribution in [0.1, 0.15) is 11.7 Å². The Morgan fingerprint density at radius 3 is 1.86 bits per heavy atom. The minimum atomic E-state index is -0.426. The predicted octanol–water partition coefficient (Wildman–Crippen LogP) is 9.09. The van der Waals surface area contributed by atoms with Crippen LogP contribution in [0.15, 0.2) is 151 Å². The predicted molar refractivity (Wildman–Crippen MR) is 176 cm³/mol. The van der Waals surface area contributed by atoms with Crippen molar-refractivity contribution in [3.05, 3.63) is 151 Å². The van der Waals surface area contributed by atoms with Crippen molar-refractivity contribution in [1.82, 2.24) is 9.13 Å². The summed E-state index contributed by atoms with van der Waals surface area (Å²) >= 11 is 0. The summed E-state index contributed by atoms with van der Waals surface area (Å²) in [5.41, 5.74) is 15.5. The number of nitrogens with zero attached hydrogens (tertiary/aromatic N) is 3. The maximum atomic E-state index is 6.41. The molecule has 0 spiro atoms. The third kappa shape index (κ3) is 3.92. The van der Waals surface area contributed by atoms with Crippen molar-refractivity contribution in [3.8, 4) is 16.8 Å². The highest BCUT2D eigenvalue weighted by Crippen LogP contribution is 2.37. The van der Waals surface area contributed by atoms with E-state index in [4.69, 9.17) is 10.7 Å². The molecule has 42 heavy (non-hydrogen) atoms. The van der Waals surface area contributed by atoms with E-state index in [1.165, 1.54) is 43.7 Å². The Bertz CT molecular complexity index is 2260. The van der Waals surface area contributed by atoms with Crippen LogP contribution in [0.2, 0.25) is 0 Å². The number of aromatic nitrogens is 2. The Balaban J connectivity index is 1.28. The average Bonchev–Trinajstić information content (AvgIpc) is 3.56. The lowest BCUT2D eigenvalue weighted by Gasteiger charge is -2.09. The van der Waals surface area contributed by atoms with E-state index in [0.717, 1.165) is 22.3 Å². The van der Waals surface area contributed by atoms with Crippen LogP contribution in [-0.4, -0.2) is 15.5 Å². The number of hydrogen-bond donors (Lipinski definition) is 1. The van der Waals surface area contributed by atoms with Crippen molar-refractivity contribution in [2.45, 2.75) is 6.17 Å². The van der Waals surface area contributed by atoms with Gasteiger partial charge >= 0.3 is 0 Å². The third-order valence-electron chi connectivity index (χ3n) is 8.22. The van der Waals surface area contributed by atoms with Crippen LogP contribution < -0.4 is 5.73 Å². The molecule has 0 saturated carbocycles. The van der Waals surface area contributed by atoms with Gasteiger partial charge in [0.05, 0.1) is 28.4 Å². The second-order valence-electron chi connectivity index (χ2n) is 10.7. The molecule has 0 bridgehead atoms. The van der Waals surface area contributed by atoms with Crippen molar-refractivity contribution in [2.24, 2.45) is 10.7 Å². The molecule has 0 radical (unpaired) electrons. The molecule has 2 heterocycles. The number of benzene rings is 6. The van der Waals surface area contributed by atoms with Crippen LogP contribution >= 0.6 is 0 Å². The van der Waals surface area contributed by atoms with E-state index in [0.29, 0.717) is 0 Å². The maximum Gasteiger partial charge on any atom is 0.124 e. The summed E-state index contributed by atoms with van der Waals surface area (Å²) in [6, 6.07) is 51.2. The minimum absolute atomic E-state index is 0.426. The van der Waals surface area contributed by atoms with Gasteiger partial charge in [-0.05, 0) is 59.2 Å². The van der Waals surface area contributed by atoms with E-state index >= 15 is 0 Å². The first-order valence-electron chi connectivity index (χ1n) is 14.2. The second kappa shape index (κ2) is 9.88. The van der Waals surface area contributed by atoms with Gasteiger partial charge in [0, 0.05) is 27.2 Å². The van der Waals surface area contributed by atoms with Gasteiger partial charge in [-0.25, -0.2) is 0 Å². The maximum absolute atomic E-state index is 6.41. The summed E-state index contributed by atoms with van der Waals surface area (Å²) in [7, 11) is 0. The monoisotopic (exact) mass is 540 g/mol. The molecule has 0 fully saturated rings. The summed E-state index contributed by atoms with van der Waals surface area (Å²) < 4.78 is 4.51. The Morgan fingerprint density at radius 2 is 1.07 bits per heavy atom. The van der Waals surface area contributed by atoms with Gasteiger partial charge in [0.25, 0.3) is 0 Å². The van der Waals surface area contributed by atoms with Crippen molar-refractivity contribution in [2.75, 3.05) is 0 Å². The van der Waals surface area contributed by atoms with Crippen LogP contribution in [-0.2, 0) is 0 Å². The summed E-state index contributed by atoms with van der Waals surface area (Å²) in [5.74, 6) is 0. The highest BCUT2D eigenvalue weighted by Gasteiger charge is 2.15. The van der Waals surface area contributed by atoms with Gasteiger partial charge in [0.1, 0.15) is 6.17 Å². The molecule has 4 heteroatoms. The summed E-state index contributed by atoms with van der Waals surface area (Å²) in [6.45, 7) is 0. The number of aliphatic imine (C=N–C) groups is 1. The van der Waals surface area contributed by atoms with E-state index in [2.05, 4.69) is 124 Å². The van der Waals surface area contributed by atoms with Crippen LogP contribution in [0.25, 0.3) is 60.4 Å². The molecule has 8 rings (SSSR count). The number of fused-ring (bicyclic) bond motifs is 6. The molecular weight excluding hydrogens is 512 g/mol. The van der Waals surface area contributed by atoms with Crippen molar-refractivity contribution < 1.29 is 0 Å². The quantitative estimate of drug-likeness (QED) is 0.172. The first-order chi connectivity index (χ1) is 20.8. The lowest BCUT2D eigenvalue weighted by atomic mass is 10.0. The zero-order valence-corrected chi connectivity index (χ0v) is 22.9. The molecule has 0 aliphatic carbocycles. The topological polar surface area (TPSA) is 48.2 Å². The Kier molecular flexibility index (Phi) is 5.73. The van der Waals surface area contributed by atoms with Gasteiger partial charge < -0.3 is 14.9 Å². The van der Waals surface area contributed by atoms with Crippen molar-refractivity contribution in [1.29, 1.82) is 0 Å². The zero-order chi connectivity index (χ0) is 28.0. The fraction of sp³-hybridized carbons (Fsp3) is 0.0263.